The monoisotopic (exact) mass is 602 g/mol. The van der Waals surface area contributed by atoms with Crippen molar-refractivity contribution in [1.29, 1.82) is 0 Å². The summed E-state index contributed by atoms with van der Waals surface area (Å²) >= 11 is 1.23. The standard InChI is InChI=1S/C25H30N8O6S2/c1-15-8-31(9-16(2)39-15)22-21-7-18(11-33(21)27-14-26-22)20-13-40-25(29-20)30-24(35)19(12-38-3)28-23(34)17-5-6-32(10-17)41(4,36)37/h5-7,10-11,13-16,19H,8-9,12H2,1-4H3,(H,28,34)(H,29,30,35)/t15-,16+,19-/m0/s1. The zero-order chi connectivity index (χ0) is 29.3. The molecule has 1 aliphatic heterocycles. The third-order valence-corrected chi connectivity index (χ3v) is 8.15. The van der Waals surface area contributed by atoms with Crippen molar-refractivity contribution in [2.75, 3.05) is 43.3 Å². The lowest BCUT2D eigenvalue weighted by molar-refractivity contribution is -0.119. The summed E-state index contributed by atoms with van der Waals surface area (Å²) < 4.78 is 37.1. The number of aromatic nitrogens is 5. The van der Waals surface area contributed by atoms with Gasteiger partial charge in [-0.15, -0.1) is 11.3 Å². The van der Waals surface area contributed by atoms with Crippen LogP contribution in [0.3, 0.4) is 0 Å². The molecule has 5 heterocycles. The molecule has 0 radical (unpaired) electrons. The van der Waals surface area contributed by atoms with E-state index < -0.39 is 27.9 Å². The van der Waals surface area contributed by atoms with Gasteiger partial charge in [-0.2, -0.15) is 5.10 Å². The van der Waals surface area contributed by atoms with Gasteiger partial charge in [0.1, 0.15) is 17.9 Å². The highest BCUT2D eigenvalue weighted by atomic mass is 32.2. The van der Waals surface area contributed by atoms with Crippen LogP contribution in [-0.2, 0) is 24.3 Å². The second-order valence-corrected chi connectivity index (χ2v) is 12.6. The molecule has 218 valence electrons. The van der Waals surface area contributed by atoms with Gasteiger partial charge in [-0.25, -0.2) is 22.9 Å². The van der Waals surface area contributed by atoms with E-state index in [1.807, 2.05) is 31.5 Å². The predicted octanol–water partition coefficient (Wildman–Crippen LogP) is 1.46. The van der Waals surface area contributed by atoms with Crippen molar-refractivity contribution < 1.29 is 27.5 Å². The molecule has 0 bridgehead atoms. The molecule has 5 rings (SSSR count). The molecule has 2 N–H and O–H groups in total. The first-order chi connectivity index (χ1) is 19.5. The van der Waals surface area contributed by atoms with E-state index in [4.69, 9.17) is 9.47 Å². The Morgan fingerprint density at radius 2 is 2.00 bits per heavy atom. The molecule has 14 nitrogen and oxygen atoms in total. The normalized spacial score (nSPS) is 18.4. The number of nitrogens with one attached hydrogen (secondary N) is 2. The first kappa shape index (κ1) is 28.7. The fourth-order valence-electron chi connectivity index (χ4n) is 4.62. The summed E-state index contributed by atoms with van der Waals surface area (Å²) in [6.45, 7) is 5.40. The molecule has 1 saturated heterocycles. The maximum atomic E-state index is 13.0. The maximum absolute atomic E-state index is 13.0. The minimum Gasteiger partial charge on any atom is -0.382 e. The van der Waals surface area contributed by atoms with Gasteiger partial charge in [-0.3, -0.25) is 13.6 Å². The van der Waals surface area contributed by atoms with E-state index in [1.54, 1.807) is 4.52 Å². The van der Waals surface area contributed by atoms with Gasteiger partial charge in [0.05, 0.1) is 36.3 Å². The Hall–Kier alpha value is -3.86. The third-order valence-electron chi connectivity index (χ3n) is 6.40. The summed E-state index contributed by atoms with van der Waals surface area (Å²) in [7, 11) is -2.14. The van der Waals surface area contributed by atoms with Gasteiger partial charge in [0, 0.05) is 49.7 Å². The van der Waals surface area contributed by atoms with Gasteiger partial charge in [-0.1, -0.05) is 0 Å². The number of ether oxygens (including phenoxy) is 2. The molecule has 4 aromatic heterocycles. The number of amides is 2. The van der Waals surface area contributed by atoms with Crippen LogP contribution in [0.15, 0.2) is 42.4 Å². The van der Waals surface area contributed by atoms with Crippen molar-refractivity contribution in [2.45, 2.75) is 32.1 Å². The number of rotatable bonds is 9. The van der Waals surface area contributed by atoms with Crippen molar-refractivity contribution in [3.63, 3.8) is 0 Å². The van der Waals surface area contributed by atoms with Crippen molar-refractivity contribution in [3.05, 3.63) is 48.0 Å². The second-order valence-electron chi connectivity index (χ2n) is 9.81. The Bertz CT molecular complexity index is 1670. The number of fused-ring (bicyclic) bond motifs is 1. The lowest BCUT2D eigenvalue weighted by Crippen LogP contribution is -2.46. The summed E-state index contributed by atoms with van der Waals surface area (Å²) in [5, 5.41) is 11.8. The number of carbonyl (C=O) groups excluding carboxylic acids is 2. The number of methoxy groups -OCH3 is 1. The topological polar surface area (TPSA) is 162 Å². The first-order valence-corrected chi connectivity index (χ1v) is 15.4. The van der Waals surface area contributed by atoms with Crippen LogP contribution in [0, 0.1) is 0 Å². The van der Waals surface area contributed by atoms with E-state index in [0.29, 0.717) is 23.9 Å². The van der Waals surface area contributed by atoms with Crippen molar-refractivity contribution in [1.82, 2.24) is 28.9 Å². The molecule has 16 heteroatoms. The number of hydrogen-bond donors (Lipinski definition) is 2. The molecule has 41 heavy (non-hydrogen) atoms. The molecule has 0 saturated carbocycles. The summed E-state index contributed by atoms with van der Waals surface area (Å²) in [4.78, 5) is 37.0. The van der Waals surface area contributed by atoms with E-state index in [1.165, 1.54) is 43.2 Å². The van der Waals surface area contributed by atoms with Crippen molar-refractivity contribution in [2.24, 2.45) is 0 Å². The predicted molar refractivity (Wildman–Crippen MR) is 153 cm³/mol. The van der Waals surface area contributed by atoms with Crippen LogP contribution in [0.25, 0.3) is 16.8 Å². The zero-order valence-corrected chi connectivity index (χ0v) is 24.5. The van der Waals surface area contributed by atoms with Gasteiger partial charge in [-0.05, 0) is 26.0 Å². The van der Waals surface area contributed by atoms with Gasteiger partial charge < -0.3 is 25.0 Å². The lowest BCUT2D eigenvalue weighted by Gasteiger charge is -2.36. The van der Waals surface area contributed by atoms with E-state index in [0.717, 1.165) is 27.1 Å². The molecule has 4 aromatic rings. The Morgan fingerprint density at radius 1 is 1.24 bits per heavy atom. The average molecular weight is 603 g/mol. The third kappa shape index (κ3) is 6.40. The van der Waals surface area contributed by atoms with Gasteiger partial charge >= 0.3 is 0 Å². The number of anilines is 2. The molecule has 1 aliphatic rings. The lowest BCUT2D eigenvalue weighted by atomic mass is 10.2. The van der Waals surface area contributed by atoms with Crippen LogP contribution in [0.2, 0.25) is 0 Å². The Morgan fingerprint density at radius 3 is 2.68 bits per heavy atom. The largest absolute Gasteiger partial charge is 0.382 e. The summed E-state index contributed by atoms with van der Waals surface area (Å²) in [5.74, 6) is -0.345. The van der Waals surface area contributed by atoms with E-state index in [2.05, 4.69) is 30.6 Å². The van der Waals surface area contributed by atoms with Gasteiger partial charge in [0.15, 0.2) is 10.9 Å². The summed E-state index contributed by atoms with van der Waals surface area (Å²) in [6, 6.07) is 2.26. The number of morpholine rings is 1. The molecular formula is C25H30N8O6S2. The fourth-order valence-corrected chi connectivity index (χ4v) is 5.93. The van der Waals surface area contributed by atoms with E-state index >= 15 is 0 Å². The fraction of sp³-hybridized carbons (Fsp3) is 0.400. The number of hydrogen-bond acceptors (Lipinski definition) is 11. The quantitative estimate of drug-likeness (QED) is 0.287. The van der Waals surface area contributed by atoms with Gasteiger partial charge in [0.2, 0.25) is 10.0 Å². The van der Waals surface area contributed by atoms with E-state index in [9.17, 15) is 18.0 Å². The molecule has 0 aromatic carbocycles. The zero-order valence-electron chi connectivity index (χ0n) is 22.8. The SMILES string of the molecule is COC[C@H](NC(=O)c1ccn(S(C)(=O)=O)c1)C(=O)Nc1nc(-c2cc3c(N4C[C@@H](C)O[C@@H](C)C4)ncnn3c2)cs1. The van der Waals surface area contributed by atoms with Crippen molar-refractivity contribution in [3.8, 4) is 11.3 Å². The molecule has 0 unspecified atom stereocenters. The van der Waals surface area contributed by atoms with Crippen LogP contribution in [0.4, 0.5) is 10.9 Å². The van der Waals surface area contributed by atoms with Crippen molar-refractivity contribution >= 4 is 49.6 Å². The highest BCUT2D eigenvalue weighted by molar-refractivity contribution is 7.89. The highest BCUT2D eigenvalue weighted by Gasteiger charge is 2.26. The molecule has 0 spiro atoms. The highest BCUT2D eigenvalue weighted by Crippen LogP contribution is 2.30. The van der Waals surface area contributed by atoms with Gasteiger partial charge in [0.25, 0.3) is 11.8 Å². The Labute approximate surface area is 240 Å². The maximum Gasteiger partial charge on any atom is 0.253 e. The van der Waals surface area contributed by atoms with E-state index in [-0.39, 0.29) is 24.4 Å². The first-order valence-electron chi connectivity index (χ1n) is 12.7. The van der Waals surface area contributed by atoms with Crippen LogP contribution in [0.5, 0.6) is 0 Å². The minimum atomic E-state index is -3.54. The average Bonchev–Trinajstić information content (AvgIpc) is 3.66. The number of carbonyl (C=O) groups is 2. The van der Waals surface area contributed by atoms with Crippen LogP contribution in [0.1, 0.15) is 24.2 Å². The summed E-state index contributed by atoms with van der Waals surface area (Å²) in [5.41, 5.74) is 2.36. The second kappa shape index (κ2) is 11.6. The summed E-state index contributed by atoms with van der Waals surface area (Å²) in [6.07, 6.45) is 6.98. The molecule has 0 aliphatic carbocycles. The molecule has 1 fully saturated rings. The van der Waals surface area contributed by atoms with Crippen LogP contribution < -0.4 is 15.5 Å². The Kier molecular flexibility index (Phi) is 8.08. The minimum absolute atomic E-state index is 0.0770. The number of thiazole rings is 1. The smallest absolute Gasteiger partial charge is 0.253 e. The number of nitrogens with zero attached hydrogens (tertiary/aromatic N) is 6. The van der Waals surface area contributed by atoms with Crippen LogP contribution in [-0.4, -0.2) is 95.1 Å². The molecule has 3 atom stereocenters. The Balaban J connectivity index is 1.30. The molecular weight excluding hydrogens is 572 g/mol. The molecule has 2 amide bonds. The van der Waals surface area contributed by atoms with Crippen LogP contribution >= 0.6 is 11.3 Å².